The monoisotopic (exact) mass is 534 g/mol. The van der Waals surface area contributed by atoms with Crippen molar-refractivity contribution in [3.05, 3.63) is 107 Å². The third-order valence-electron chi connectivity index (χ3n) is 8.55. The molecule has 6 heteroatoms. The molecule has 0 unspecified atom stereocenters. The molecule has 1 heterocycles. The van der Waals surface area contributed by atoms with Crippen LogP contribution in [0.2, 0.25) is 0 Å². The quantitative estimate of drug-likeness (QED) is 0.310. The highest BCUT2D eigenvalue weighted by molar-refractivity contribution is 5.94. The first kappa shape index (κ1) is 27.4. The Morgan fingerprint density at radius 2 is 1.54 bits per heavy atom. The smallest absolute Gasteiger partial charge is 0.335 e. The number of amides is 1. The highest BCUT2D eigenvalue weighted by Gasteiger charge is 2.39. The maximum atomic E-state index is 13.9. The van der Waals surface area contributed by atoms with Crippen LogP contribution < -0.4 is 0 Å². The Labute approximate surface area is 229 Å². The van der Waals surface area contributed by atoms with Gasteiger partial charge in [-0.3, -0.25) is 9.69 Å². The highest BCUT2D eigenvalue weighted by atomic mass is 19.4. The summed E-state index contributed by atoms with van der Waals surface area (Å²) < 4.78 is 41.3. The fraction of sp³-hybridized carbons (Fsp3) is 0.424. The number of halogens is 3. The summed E-state index contributed by atoms with van der Waals surface area (Å²) in [6.07, 6.45) is 1.06. The van der Waals surface area contributed by atoms with E-state index in [4.69, 9.17) is 0 Å². The molecule has 2 aliphatic rings. The second-order valence-electron chi connectivity index (χ2n) is 11.2. The molecule has 1 aliphatic heterocycles. The number of benzene rings is 3. The molecule has 1 aliphatic carbocycles. The molecule has 2 atom stereocenters. The summed E-state index contributed by atoms with van der Waals surface area (Å²) in [5, 5.41) is 0. The number of aryl methyl sites for hydroxylation is 1. The van der Waals surface area contributed by atoms with Crippen molar-refractivity contribution in [2.24, 2.45) is 5.92 Å². The maximum Gasteiger partial charge on any atom is 0.416 e. The molecule has 3 aromatic carbocycles. The van der Waals surface area contributed by atoms with Crippen molar-refractivity contribution in [3.8, 4) is 0 Å². The number of hydrogen-bond acceptors (Lipinski definition) is 2. The molecule has 0 spiro atoms. The van der Waals surface area contributed by atoms with Gasteiger partial charge in [0, 0.05) is 43.7 Å². The zero-order chi connectivity index (χ0) is 27.4. The molecule has 0 bridgehead atoms. The summed E-state index contributed by atoms with van der Waals surface area (Å²) in [6, 6.07) is 23.9. The highest BCUT2D eigenvalue weighted by Crippen LogP contribution is 2.39. The van der Waals surface area contributed by atoms with Gasteiger partial charge in [-0.05, 0) is 60.6 Å². The minimum atomic E-state index is -4.38. The van der Waals surface area contributed by atoms with Crippen molar-refractivity contribution in [1.29, 1.82) is 0 Å². The Kier molecular flexibility index (Phi) is 8.41. The van der Waals surface area contributed by atoms with Crippen LogP contribution in [0.15, 0.2) is 78.9 Å². The van der Waals surface area contributed by atoms with E-state index in [-0.39, 0.29) is 30.3 Å². The van der Waals surface area contributed by atoms with E-state index in [1.165, 1.54) is 29.7 Å². The van der Waals surface area contributed by atoms with Gasteiger partial charge in [-0.2, -0.15) is 13.2 Å². The van der Waals surface area contributed by atoms with E-state index >= 15 is 0 Å². The van der Waals surface area contributed by atoms with Crippen LogP contribution in [0.4, 0.5) is 13.2 Å². The molecular weight excluding hydrogens is 497 g/mol. The van der Waals surface area contributed by atoms with Gasteiger partial charge >= 0.3 is 6.18 Å². The molecule has 1 saturated carbocycles. The van der Waals surface area contributed by atoms with Crippen molar-refractivity contribution >= 4 is 5.91 Å². The van der Waals surface area contributed by atoms with Crippen LogP contribution >= 0.6 is 0 Å². The van der Waals surface area contributed by atoms with Crippen molar-refractivity contribution in [2.75, 3.05) is 19.6 Å². The predicted molar refractivity (Wildman–Crippen MR) is 148 cm³/mol. The Morgan fingerprint density at radius 1 is 0.872 bits per heavy atom. The largest absolute Gasteiger partial charge is 0.416 e. The van der Waals surface area contributed by atoms with Gasteiger partial charge in [0.1, 0.15) is 0 Å². The average Bonchev–Trinajstić information content (AvgIpc) is 3.34. The standard InChI is InChI=1S/C33H37F3N2O/c1-24-12-8-10-18-29(24)30-23-37(20-26-15-9-11-19-31(26)33(34,35)36)21-27(30)22-38(28-16-6-3-7-17-28)32(39)25-13-4-2-5-14-25/h2,4-5,8-15,18-19,27-28,30H,3,6-7,16-17,20-23H2,1H3/t27-,30-/m1/s1. The van der Waals surface area contributed by atoms with E-state index in [0.717, 1.165) is 25.7 Å². The van der Waals surface area contributed by atoms with Crippen LogP contribution in [0.5, 0.6) is 0 Å². The predicted octanol–water partition coefficient (Wildman–Crippen LogP) is 7.70. The molecule has 39 heavy (non-hydrogen) atoms. The summed E-state index contributed by atoms with van der Waals surface area (Å²) >= 11 is 0. The zero-order valence-corrected chi connectivity index (χ0v) is 22.5. The summed E-state index contributed by atoms with van der Waals surface area (Å²) in [4.78, 5) is 18.1. The molecule has 3 nitrogen and oxygen atoms in total. The molecule has 1 amide bonds. The van der Waals surface area contributed by atoms with Crippen molar-refractivity contribution in [3.63, 3.8) is 0 Å². The Bertz CT molecular complexity index is 1250. The van der Waals surface area contributed by atoms with E-state index in [0.29, 0.717) is 30.8 Å². The lowest BCUT2D eigenvalue weighted by Crippen LogP contribution is -2.45. The lowest BCUT2D eigenvalue weighted by Gasteiger charge is -2.37. The molecular formula is C33H37F3N2O. The summed E-state index contributed by atoms with van der Waals surface area (Å²) in [7, 11) is 0. The van der Waals surface area contributed by atoms with Gasteiger partial charge in [0.15, 0.2) is 0 Å². The van der Waals surface area contributed by atoms with E-state index in [2.05, 4.69) is 28.9 Å². The summed E-state index contributed by atoms with van der Waals surface area (Å²) in [6.45, 7) is 4.26. The zero-order valence-electron chi connectivity index (χ0n) is 22.5. The number of hydrogen-bond donors (Lipinski definition) is 0. The molecule has 206 valence electrons. The number of rotatable bonds is 7. The molecule has 0 N–H and O–H groups in total. The van der Waals surface area contributed by atoms with E-state index in [1.54, 1.807) is 12.1 Å². The SMILES string of the molecule is Cc1ccccc1[C@@H]1CN(Cc2ccccc2C(F)(F)F)C[C@@H]1CN(C(=O)c1ccccc1)C1CCCCC1. The molecule has 1 saturated heterocycles. The van der Waals surface area contributed by atoms with E-state index in [1.807, 2.05) is 42.5 Å². The van der Waals surface area contributed by atoms with Gasteiger partial charge in [-0.25, -0.2) is 0 Å². The van der Waals surface area contributed by atoms with Gasteiger partial charge in [-0.15, -0.1) is 0 Å². The van der Waals surface area contributed by atoms with Crippen molar-refractivity contribution < 1.29 is 18.0 Å². The van der Waals surface area contributed by atoms with Crippen LogP contribution in [-0.4, -0.2) is 41.4 Å². The molecule has 0 radical (unpaired) electrons. The topological polar surface area (TPSA) is 23.6 Å². The molecule has 3 aromatic rings. The van der Waals surface area contributed by atoms with Crippen molar-refractivity contribution in [2.45, 2.75) is 63.7 Å². The summed E-state index contributed by atoms with van der Waals surface area (Å²) in [5.74, 6) is 0.324. The third kappa shape index (κ3) is 6.38. The Balaban J connectivity index is 1.45. The number of carbonyl (C=O) groups excluding carboxylic acids is 1. The van der Waals surface area contributed by atoms with Crippen LogP contribution in [0.1, 0.15) is 70.6 Å². The Morgan fingerprint density at radius 3 is 2.26 bits per heavy atom. The summed E-state index contributed by atoms with van der Waals surface area (Å²) in [5.41, 5.74) is 2.85. The lowest BCUT2D eigenvalue weighted by molar-refractivity contribution is -0.138. The second-order valence-corrected chi connectivity index (χ2v) is 11.2. The van der Waals surface area contributed by atoms with Crippen molar-refractivity contribution in [1.82, 2.24) is 9.80 Å². The van der Waals surface area contributed by atoms with Gasteiger partial charge in [0.2, 0.25) is 0 Å². The fourth-order valence-electron chi connectivity index (χ4n) is 6.60. The van der Waals surface area contributed by atoms with Gasteiger partial charge in [0.05, 0.1) is 5.56 Å². The van der Waals surface area contributed by atoms with Gasteiger partial charge < -0.3 is 4.90 Å². The van der Waals surface area contributed by atoms with E-state index in [9.17, 15) is 18.0 Å². The van der Waals surface area contributed by atoms with Crippen LogP contribution in [0, 0.1) is 12.8 Å². The van der Waals surface area contributed by atoms with Gasteiger partial charge in [-0.1, -0.05) is 79.9 Å². The Hall–Kier alpha value is -3.12. The van der Waals surface area contributed by atoms with Crippen LogP contribution in [0.25, 0.3) is 0 Å². The minimum Gasteiger partial charge on any atom is -0.335 e. The van der Waals surface area contributed by atoms with E-state index < -0.39 is 11.7 Å². The van der Waals surface area contributed by atoms with Crippen LogP contribution in [0.3, 0.4) is 0 Å². The lowest BCUT2D eigenvalue weighted by atomic mass is 9.85. The fourth-order valence-corrected chi connectivity index (χ4v) is 6.60. The third-order valence-corrected chi connectivity index (χ3v) is 8.55. The molecule has 2 fully saturated rings. The van der Waals surface area contributed by atoms with Crippen LogP contribution in [-0.2, 0) is 12.7 Å². The number of likely N-dealkylation sites (tertiary alicyclic amines) is 1. The first-order chi connectivity index (χ1) is 18.8. The van der Waals surface area contributed by atoms with Gasteiger partial charge in [0.25, 0.3) is 5.91 Å². The average molecular weight is 535 g/mol. The number of carbonyl (C=O) groups is 1. The first-order valence-electron chi connectivity index (χ1n) is 14.1. The maximum absolute atomic E-state index is 13.9. The molecule has 0 aromatic heterocycles. The second kappa shape index (κ2) is 12.0. The number of nitrogens with zero attached hydrogens (tertiary/aromatic N) is 2. The first-order valence-corrected chi connectivity index (χ1v) is 14.1. The number of alkyl halides is 3. The minimum absolute atomic E-state index is 0.0619. The normalized spacial score (nSPS) is 20.7. The molecule has 5 rings (SSSR count).